The Morgan fingerprint density at radius 3 is 2.61 bits per heavy atom. The van der Waals surface area contributed by atoms with E-state index < -0.39 is 10.0 Å². The van der Waals surface area contributed by atoms with Gasteiger partial charge in [0.15, 0.2) is 11.5 Å². The van der Waals surface area contributed by atoms with Crippen molar-refractivity contribution in [2.45, 2.75) is 31.1 Å². The molecule has 0 atom stereocenters. The van der Waals surface area contributed by atoms with Gasteiger partial charge in [-0.1, -0.05) is 0 Å². The van der Waals surface area contributed by atoms with Gasteiger partial charge < -0.3 is 14.4 Å². The average Bonchev–Trinajstić information content (AvgIpc) is 2.91. The molecule has 2 aromatic rings. The number of hydrogen-bond acceptors (Lipinski definition) is 5. The fraction of sp³-hybridized carbons (Fsp3) is 0.350. The van der Waals surface area contributed by atoms with Gasteiger partial charge in [-0.05, 0) is 48.7 Å². The van der Waals surface area contributed by atoms with Crippen LogP contribution in [0.25, 0.3) is 0 Å². The third-order valence-corrected chi connectivity index (χ3v) is 6.24. The van der Waals surface area contributed by atoms with Crippen molar-refractivity contribution < 1.29 is 22.7 Å². The van der Waals surface area contributed by atoms with Crippen molar-refractivity contribution in [1.82, 2.24) is 0 Å². The topological polar surface area (TPSA) is 84.9 Å². The number of fused-ring (bicyclic) bond motifs is 2. The van der Waals surface area contributed by atoms with Gasteiger partial charge in [0.25, 0.3) is 10.0 Å². The van der Waals surface area contributed by atoms with Crippen LogP contribution in [0.1, 0.15) is 25.3 Å². The van der Waals surface area contributed by atoms with E-state index >= 15 is 0 Å². The second-order valence-electron chi connectivity index (χ2n) is 6.88. The average molecular weight is 402 g/mol. The molecule has 0 aromatic heterocycles. The van der Waals surface area contributed by atoms with E-state index in [1.807, 2.05) is 0 Å². The monoisotopic (exact) mass is 402 g/mol. The van der Waals surface area contributed by atoms with Crippen molar-refractivity contribution in [3.8, 4) is 11.5 Å². The summed E-state index contributed by atoms with van der Waals surface area (Å²) in [5.74, 6) is 1.10. The molecule has 2 aromatic carbocycles. The molecule has 2 aliphatic rings. The Balaban J connectivity index is 1.61. The Kier molecular flexibility index (Phi) is 4.89. The highest BCUT2D eigenvalue weighted by atomic mass is 32.2. The van der Waals surface area contributed by atoms with Crippen molar-refractivity contribution in [2.75, 3.05) is 29.4 Å². The fourth-order valence-corrected chi connectivity index (χ4v) is 4.61. The predicted molar refractivity (Wildman–Crippen MR) is 106 cm³/mol. The molecule has 0 bridgehead atoms. The molecule has 2 heterocycles. The van der Waals surface area contributed by atoms with Crippen LogP contribution in [-0.2, 0) is 21.2 Å². The maximum absolute atomic E-state index is 12.9. The van der Waals surface area contributed by atoms with Gasteiger partial charge in [-0.2, -0.15) is 0 Å². The van der Waals surface area contributed by atoms with E-state index in [1.165, 1.54) is 13.0 Å². The summed E-state index contributed by atoms with van der Waals surface area (Å²) in [6.07, 6.45) is 2.33. The molecule has 1 N–H and O–H groups in total. The number of aryl methyl sites for hydroxylation is 1. The Bertz CT molecular complexity index is 1020. The minimum absolute atomic E-state index is 0.0399. The van der Waals surface area contributed by atoms with Crippen LogP contribution < -0.4 is 19.1 Å². The first-order valence-electron chi connectivity index (χ1n) is 9.27. The van der Waals surface area contributed by atoms with Crippen LogP contribution in [0, 0.1) is 0 Å². The number of nitrogens with one attached hydrogen (secondary N) is 1. The van der Waals surface area contributed by atoms with Gasteiger partial charge in [0.2, 0.25) is 5.91 Å². The van der Waals surface area contributed by atoms with Gasteiger partial charge in [-0.25, -0.2) is 8.42 Å². The van der Waals surface area contributed by atoms with Crippen molar-refractivity contribution in [3.63, 3.8) is 0 Å². The van der Waals surface area contributed by atoms with Gasteiger partial charge in [-0.3, -0.25) is 9.52 Å². The Hall–Kier alpha value is -2.74. The molecule has 1 amide bonds. The molecule has 28 heavy (non-hydrogen) atoms. The summed E-state index contributed by atoms with van der Waals surface area (Å²) >= 11 is 0. The minimum atomic E-state index is -3.77. The van der Waals surface area contributed by atoms with E-state index in [4.69, 9.17) is 9.47 Å². The quantitative estimate of drug-likeness (QED) is 0.853. The van der Waals surface area contributed by atoms with Gasteiger partial charge in [0, 0.05) is 31.6 Å². The number of ether oxygens (including phenoxy) is 2. The Labute approximate surface area is 164 Å². The van der Waals surface area contributed by atoms with E-state index in [2.05, 4.69) is 4.72 Å². The number of sulfonamides is 1. The predicted octanol–water partition coefficient (Wildman–Crippen LogP) is 2.95. The second kappa shape index (κ2) is 7.35. The van der Waals surface area contributed by atoms with Crippen molar-refractivity contribution in [3.05, 3.63) is 42.0 Å². The first kappa shape index (κ1) is 18.6. The molecule has 0 unspecified atom stereocenters. The SMILES string of the molecule is CC(=O)N1CCCc2cc(S(=O)(=O)Nc3ccc4c(c3)OCCCO4)ccc21. The van der Waals surface area contributed by atoms with E-state index in [-0.39, 0.29) is 10.8 Å². The highest BCUT2D eigenvalue weighted by Crippen LogP contribution is 2.34. The number of carbonyl (C=O) groups excluding carboxylic acids is 1. The molecule has 0 saturated heterocycles. The van der Waals surface area contributed by atoms with E-state index in [9.17, 15) is 13.2 Å². The highest BCUT2D eigenvalue weighted by molar-refractivity contribution is 7.92. The molecule has 2 aliphatic heterocycles. The lowest BCUT2D eigenvalue weighted by molar-refractivity contribution is -0.116. The van der Waals surface area contributed by atoms with Gasteiger partial charge >= 0.3 is 0 Å². The number of carbonyl (C=O) groups is 1. The molecular weight excluding hydrogens is 380 g/mol. The summed E-state index contributed by atoms with van der Waals surface area (Å²) in [6.45, 7) is 3.28. The normalized spacial score (nSPS) is 16.1. The number of hydrogen-bond donors (Lipinski definition) is 1. The highest BCUT2D eigenvalue weighted by Gasteiger charge is 2.23. The summed E-state index contributed by atoms with van der Waals surface area (Å²) in [4.78, 5) is 13.7. The molecule has 0 spiro atoms. The van der Waals surface area contributed by atoms with E-state index in [1.54, 1.807) is 35.2 Å². The summed E-state index contributed by atoms with van der Waals surface area (Å²) in [5, 5.41) is 0. The van der Waals surface area contributed by atoms with Crippen molar-refractivity contribution in [1.29, 1.82) is 0 Å². The number of nitrogens with zero attached hydrogens (tertiary/aromatic N) is 1. The maximum atomic E-state index is 12.9. The molecule has 8 heteroatoms. The van der Waals surface area contributed by atoms with Crippen LogP contribution in [0.4, 0.5) is 11.4 Å². The molecule has 0 saturated carbocycles. The van der Waals surface area contributed by atoms with Gasteiger partial charge in [0.1, 0.15) is 0 Å². The zero-order chi connectivity index (χ0) is 19.7. The zero-order valence-electron chi connectivity index (χ0n) is 15.6. The summed E-state index contributed by atoms with van der Waals surface area (Å²) in [7, 11) is -3.77. The van der Waals surface area contributed by atoms with Crippen LogP contribution in [0.2, 0.25) is 0 Å². The van der Waals surface area contributed by atoms with Crippen molar-refractivity contribution >= 4 is 27.3 Å². The molecule has 7 nitrogen and oxygen atoms in total. The Morgan fingerprint density at radius 2 is 1.82 bits per heavy atom. The molecule has 0 aliphatic carbocycles. The lowest BCUT2D eigenvalue weighted by Crippen LogP contribution is -2.33. The van der Waals surface area contributed by atoms with Gasteiger partial charge in [-0.15, -0.1) is 0 Å². The van der Waals surface area contributed by atoms with E-state index in [0.29, 0.717) is 36.9 Å². The van der Waals surface area contributed by atoms with Crippen LogP contribution >= 0.6 is 0 Å². The minimum Gasteiger partial charge on any atom is -0.490 e. The van der Waals surface area contributed by atoms with E-state index in [0.717, 1.165) is 30.5 Å². The molecule has 0 fully saturated rings. The van der Waals surface area contributed by atoms with Crippen LogP contribution in [0.5, 0.6) is 11.5 Å². The molecule has 4 rings (SSSR count). The largest absolute Gasteiger partial charge is 0.490 e. The van der Waals surface area contributed by atoms with Gasteiger partial charge in [0.05, 0.1) is 23.8 Å². The summed E-state index contributed by atoms with van der Waals surface area (Å²) in [6, 6.07) is 9.88. The first-order chi connectivity index (χ1) is 13.4. The summed E-state index contributed by atoms with van der Waals surface area (Å²) < 4.78 is 39.5. The third kappa shape index (κ3) is 3.64. The lowest BCUT2D eigenvalue weighted by Gasteiger charge is -2.28. The smallest absolute Gasteiger partial charge is 0.261 e. The second-order valence-corrected chi connectivity index (χ2v) is 8.56. The lowest BCUT2D eigenvalue weighted by atomic mass is 10.0. The standard InChI is InChI=1S/C20H22N2O5S/c1-14(23)22-9-2-4-15-12-17(6-7-18(15)22)28(24,25)21-16-5-8-19-20(13-16)27-11-3-10-26-19/h5-8,12-13,21H,2-4,9-11H2,1H3. The molecule has 148 valence electrons. The Morgan fingerprint density at radius 1 is 1.04 bits per heavy atom. The molecular formula is C20H22N2O5S. The zero-order valence-corrected chi connectivity index (χ0v) is 16.4. The number of anilines is 2. The summed E-state index contributed by atoms with van der Waals surface area (Å²) in [5.41, 5.74) is 2.06. The molecule has 0 radical (unpaired) electrons. The van der Waals surface area contributed by atoms with Crippen LogP contribution in [0.3, 0.4) is 0 Å². The number of amides is 1. The van der Waals surface area contributed by atoms with Crippen molar-refractivity contribution in [2.24, 2.45) is 0 Å². The first-order valence-corrected chi connectivity index (χ1v) is 10.8. The third-order valence-electron chi connectivity index (χ3n) is 4.86. The number of rotatable bonds is 3. The number of benzene rings is 2. The van der Waals surface area contributed by atoms with Crippen LogP contribution in [-0.4, -0.2) is 34.1 Å². The maximum Gasteiger partial charge on any atom is 0.261 e. The van der Waals surface area contributed by atoms with Crippen LogP contribution in [0.15, 0.2) is 41.3 Å². The fourth-order valence-electron chi connectivity index (χ4n) is 3.51.